The maximum atomic E-state index is 8.36. The second kappa shape index (κ2) is 6.76. The van der Waals surface area contributed by atoms with Crippen LogP contribution in [0.1, 0.15) is 5.56 Å². The van der Waals surface area contributed by atoms with Crippen LogP contribution in [-0.4, -0.2) is 28.8 Å². The van der Waals surface area contributed by atoms with E-state index in [4.69, 9.17) is 9.90 Å². The molecule has 0 unspecified atom stereocenters. The highest BCUT2D eigenvalue weighted by atomic mass is 16.3. The zero-order valence-corrected chi connectivity index (χ0v) is 6.24. The molecule has 0 spiro atoms. The predicted molar refractivity (Wildman–Crippen MR) is 40.0 cm³/mol. The Morgan fingerprint density at radius 3 is 2.91 bits per heavy atom. The fourth-order valence-corrected chi connectivity index (χ4v) is 0.578. The van der Waals surface area contributed by atoms with Gasteiger partial charge in [-0.2, -0.15) is 5.10 Å². The molecule has 0 amide bonds. The Morgan fingerprint density at radius 1 is 1.91 bits per heavy atom. The summed E-state index contributed by atoms with van der Waals surface area (Å²) in [6.07, 6.45) is 3.67. The van der Waals surface area contributed by atoms with E-state index < -0.39 is 0 Å². The summed E-state index contributed by atoms with van der Waals surface area (Å²) in [6, 6.07) is 0. The molecular weight excluding hydrogens is 146 g/mol. The number of nitrogens with one attached hydrogen (secondary N) is 2. The van der Waals surface area contributed by atoms with E-state index in [1.165, 1.54) is 5.56 Å². The summed E-state index contributed by atoms with van der Waals surface area (Å²) in [5.41, 5.74) is 1.19. The van der Waals surface area contributed by atoms with Gasteiger partial charge in [0.2, 0.25) is 0 Å². The van der Waals surface area contributed by atoms with Crippen molar-refractivity contribution in [3.05, 3.63) is 18.0 Å². The van der Waals surface area contributed by atoms with Gasteiger partial charge in [-0.05, 0) is 7.05 Å². The summed E-state index contributed by atoms with van der Waals surface area (Å²) >= 11 is 0. The molecular formula is C6H11N3O2. The number of nitrogens with zero attached hydrogens (tertiary/aromatic N) is 1. The van der Waals surface area contributed by atoms with Gasteiger partial charge >= 0.3 is 0 Å². The summed E-state index contributed by atoms with van der Waals surface area (Å²) in [4.78, 5) is 8.36. The number of rotatable bonds is 2. The number of hydrogen-bond donors (Lipinski definition) is 3. The van der Waals surface area contributed by atoms with E-state index in [1.807, 2.05) is 13.2 Å². The van der Waals surface area contributed by atoms with Gasteiger partial charge in [0.15, 0.2) is 0 Å². The van der Waals surface area contributed by atoms with Crippen molar-refractivity contribution >= 4 is 6.47 Å². The van der Waals surface area contributed by atoms with Crippen LogP contribution in [0.4, 0.5) is 0 Å². The molecule has 1 aromatic heterocycles. The quantitative estimate of drug-likeness (QED) is 0.521. The molecule has 0 aliphatic heterocycles. The monoisotopic (exact) mass is 157 g/mol. The van der Waals surface area contributed by atoms with E-state index in [9.17, 15) is 0 Å². The minimum absolute atomic E-state index is 0.250. The number of aromatic nitrogens is 2. The van der Waals surface area contributed by atoms with Gasteiger partial charge in [0, 0.05) is 18.3 Å². The molecule has 0 aliphatic carbocycles. The van der Waals surface area contributed by atoms with Crippen LogP contribution in [0.25, 0.3) is 0 Å². The lowest BCUT2D eigenvalue weighted by molar-refractivity contribution is -0.122. The van der Waals surface area contributed by atoms with Crippen LogP contribution in [0.5, 0.6) is 0 Å². The second-order valence-electron chi connectivity index (χ2n) is 1.74. The van der Waals surface area contributed by atoms with Crippen molar-refractivity contribution in [1.29, 1.82) is 0 Å². The van der Waals surface area contributed by atoms with Crippen molar-refractivity contribution in [1.82, 2.24) is 15.5 Å². The van der Waals surface area contributed by atoms with Crippen LogP contribution in [0.3, 0.4) is 0 Å². The fourth-order valence-electron chi connectivity index (χ4n) is 0.578. The van der Waals surface area contributed by atoms with E-state index in [2.05, 4.69) is 15.5 Å². The Kier molecular flexibility index (Phi) is 5.92. The zero-order valence-electron chi connectivity index (χ0n) is 6.24. The van der Waals surface area contributed by atoms with E-state index in [0.717, 1.165) is 6.54 Å². The molecule has 62 valence electrons. The highest BCUT2D eigenvalue weighted by molar-refractivity contribution is 5.32. The Labute approximate surface area is 64.4 Å². The number of aromatic amines is 1. The summed E-state index contributed by atoms with van der Waals surface area (Å²) in [5, 5.41) is 16.4. The predicted octanol–water partition coefficient (Wildman–Crippen LogP) is -0.170. The average molecular weight is 157 g/mol. The third kappa shape index (κ3) is 5.10. The topological polar surface area (TPSA) is 78.0 Å². The smallest absolute Gasteiger partial charge is 0.290 e. The molecule has 0 atom stereocenters. The number of H-pyrrole nitrogens is 1. The molecule has 0 radical (unpaired) electrons. The maximum absolute atomic E-state index is 8.36. The Hall–Kier alpha value is -1.36. The standard InChI is InChI=1S/C5H9N3.CH2O2/c1-6-2-5-3-7-8-4-5;2-1-3/h3-4,6H,2H2,1H3,(H,7,8);1H,(H,2,3). The van der Waals surface area contributed by atoms with Gasteiger partial charge in [0.1, 0.15) is 0 Å². The second-order valence-corrected chi connectivity index (χ2v) is 1.74. The molecule has 1 aromatic rings. The number of carbonyl (C=O) groups is 1. The fraction of sp³-hybridized carbons (Fsp3) is 0.333. The lowest BCUT2D eigenvalue weighted by Gasteiger charge is -1.88. The van der Waals surface area contributed by atoms with E-state index in [-0.39, 0.29) is 6.47 Å². The van der Waals surface area contributed by atoms with Gasteiger partial charge in [0.05, 0.1) is 6.20 Å². The van der Waals surface area contributed by atoms with Gasteiger partial charge in [-0.1, -0.05) is 0 Å². The maximum Gasteiger partial charge on any atom is 0.290 e. The Morgan fingerprint density at radius 2 is 2.55 bits per heavy atom. The molecule has 0 bridgehead atoms. The summed E-state index contributed by atoms with van der Waals surface area (Å²) < 4.78 is 0. The van der Waals surface area contributed by atoms with Crippen molar-refractivity contribution < 1.29 is 9.90 Å². The molecule has 0 aliphatic rings. The first kappa shape index (κ1) is 9.64. The van der Waals surface area contributed by atoms with Crippen molar-refractivity contribution in [3.8, 4) is 0 Å². The lowest BCUT2D eigenvalue weighted by atomic mass is 10.4. The number of carboxylic acid groups (broad SMARTS) is 1. The molecule has 1 heterocycles. The lowest BCUT2D eigenvalue weighted by Crippen LogP contribution is -2.03. The van der Waals surface area contributed by atoms with E-state index in [1.54, 1.807) is 6.20 Å². The van der Waals surface area contributed by atoms with Crippen LogP contribution in [-0.2, 0) is 11.3 Å². The molecule has 3 N–H and O–H groups in total. The van der Waals surface area contributed by atoms with Gasteiger partial charge in [-0.15, -0.1) is 0 Å². The molecule has 0 saturated heterocycles. The normalized spacial score (nSPS) is 8.09. The van der Waals surface area contributed by atoms with Crippen LogP contribution < -0.4 is 5.32 Å². The Balaban J connectivity index is 0.000000292. The molecule has 1 rings (SSSR count). The highest BCUT2D eigenvalue weighted by Crippen LogP contribution is 1.89. The Bertz CT molecular complexity index is 174. The van der Waals surface area contributed by atoms with Gasteiger partial charge in [0.25, 0.3) is 6.47 Å². The first-order chi connectivity index (χ1) is 5.35. The van der Waals surface area contributed by atoms with Crippen LogP contribution in [0.2, 0.25) is 0 Å². The molecule has 5 nitrogen and oxygen atoms in total. The highest BCUT2D eigenvalue weighted by Gasteiger charge is 1.86. The average Bonchev–Trinajstić information content (AvgIpc) is 2.42. The van der Waals surface area contributed by atoms with Crippen molar-refractivity contribution in [2.45, 2.75) is 6.54 Å². The van der Waals surface area contributed by atoms with Crippen LogP contribution >= 0.6 is 0 Å². The number of hydrogen-bond acceptors (Lipinski definition) is 3. The van der Waals surface area contributed by atoms with Crippen molar-refractivity contribution in [3.63, 3.8) is 0 Å². The molecule has 0 aromatic carbocycles. The van der Waals surface area contributed by atoms with E-state index >= 15 is 0 Å². The molecule has 0 fully saturated rings. The van der Waals surface area contributed by atoms with Crippen LogP contribution in [0, 0.1) is 0 Å². The zero-order chi connectivity index (χ0) is 8.53. The molecule has 5 heteroatoms. The minimum atomic E-state index is -0.250. The molecule has 11 heavy (non-hydrogen) atoms. The SMILES string of the molecule is CNCc1cn[nH]c1.O=CO. The van der Waals surface area contributed by atoms with Gasteiger partial charge in [-0.25, -0.2) is 0 Å². The van der Waals surface area contributed by atoms with Crippen molar-refractivity contribution in [2.24, 2.45) is 0 Å². The summed E-state index contributed by atoms with van der Waals surface area (Å²) in [7, 11) is 1.91. The summed E-state index contributed by atoms with van der Waals surface area (Å²) in [6.45, 7) is 0.635. The van der Waals surface area contributed by atoms with Gasteiger partial charge in [-0.3, -0.25) is 9.89 Å². The first-order valence-electron chi connectivity index (χ1n) is 3.05. The van der Waals surface area contributed by atoms with Crippen LogP contribution in [0.15, 0.2) is 12.4 Å². The minimum Gasteiger partial charge on any atom is -0.483 e. The third-order valence-electron chi connectivity index (χ3n) is 0.936. The summed E-state index contributed by atoms with van der Waals surface area (Å²) in [5.74, 6) is 0. The van der Waals surface area contributed by atoms with Crippen molar-refractivity contribution in [2.75, 3.05) is 7.05 Å². The van der Waals surface area contributed by atoms with Gasteiger partial charge < -0.3 is 10.4 Å². The largest absolute Gasteiger partial charge is 0.483 e. The molecule has 0 saturated carbocycles. The third-order valence-corrected chi connectivity index (χ3v) is 0.936. The van der Waals surface area contributed by atoms with E-state index in [0.29, 0.717) is 0 Å². The first-order valence-corrected chi connectivity index (χ1v) is 3.05.